The zero-order valence-corrected chi connectivity index (χ0v) is 14.5. The van der Waals surface area contributed by atoms with Gasteiger partial charge in [0.25, 0.3) is 5.91 Å². The summed E-state index contributed by atoms with van der Waals surface area (Å²) in [5.74, 6) is 2.46. The van der Waals surface area contributed by atoms with Gasteiger partial charge in [-0.25, -0.2) is 4.98 Å². The molecule has 7 heteroatoms. The number of hydrogen-bond donors (Lipinski definition) is 1. The molecule has 6 nitrogen and oxygen atoms in total. The summed E-state index contributed by atoms with van der Waals surface area (Å²) in [5, 5.41) is 10.4. The first-order valence-electron chi connectivity index (χ1n) is 8.05. The van der Waals surface area contributed by atoms with Gasteiger partial charge < -0.3 is 5.32 Å². The average Bonchev–Trinajstić information content (AvgIpc) is 3.20. The van der Waals surface area contributed by atoms with Gasteiger partial charge in [-0.3, -0.25) is 9.36 Å². The number of carbonyl (C=O) groups is 1. The standard InChI is InChI=1S/C18H19N5OS/c24-18(16-8-4-9-17(22-16)23-13-20-21-14-23)19-10-5-11-25-12-15-6-2-1-3-7-15/h1-4,6-9,13-14H,5,10-12H2,(H,19,24). The molecule has 0 aliphatic carbocycles. The lowest BCUT2D eigenvalue weighted by molar-refractivity contribution is 0.0949. The van der Waals surface area contributed by atoms with Crippen molar-refractivity contribution in [3.8, 4) is 5.82 Å². The zero-order chi connectivity index (χ0) is 17.3. The second-order valence-corrected chi connectivity index (χ2v) is 6.50. The molecule has 0 unspecified atom stereocenters. The molecule has 2 aromatic heterocycles. The molecule has 3 rings (SSSR count). The summed E-state index contributed by atoms with van der Waals surface area (Å²) in [4.78, 5) is 16.5. The van der Waals surface area contributed by atoms with Crippen LogP contribution in [-0.2, 0) is 5.75 Å². The molecule has 0 radical (unpaired) electrons. The van der Waals surface area contributed by atoms with Crippen LogP contribution < -0.4 is 5.32 Å². The maximum Gasteiger partial charge on any atom is 0.269 e. The van der Waals surface area contributed by atoms with Crippen LogP contribution in [0.4, 0.5) is 0 Å². The third kappa shape index (κ3) is 5.15. The number of pyridine rings is 1. The van der Waals surface area contributed by atoms with Crippen molar-refractivity contribution in [3.05, 3.63) is 72.4 Å². The number of nitrogens with one attached hydrogen (secondary N) is 1. The van der Waals surface area contributed by atoms with E-state index in [1.165, 1.54) is 5.56 Å². The van der Waals surface area contributed by atoms with Gasteiger partial charge in [0.15, 0.2) is 0 Å². The molecule has 3 aromatic rings. The van der Waals surface area contributed by atoms with Gasteiger partial charge in [0, 0.05) is 12.3 Å². The van der Waals surface area contributed by atoms with Crippen LogP contribution in [-0.4, -0.2) is 38.0 Å². The lowest BCUT2D eigenvalue weighted by Crippen LogP contribution is -2.26. The number of carbonyl (C=O) groups excluding carboxylic acids is 1. The van der Waals surface area contributed by atoms with Crippen molar-refractivity contribution >= 4 is 17.7 Å². The highest BCUT2D eigenvalue weighted by Crippen LogP contribution is 2.12. The molecule has 0 aliphatic rings. The number of thioether (sulfide) groups is 1. The number of benzene rings is 1. The van der Waals surface area contributed by atoms with Gasteiger partial charge in [0.1, 0.15) is 24.2 Å². The largest absolute Gasteiger partial charge is 0.351 e. The van der Waals surface area contributed by atoms with E-state index in [0.717, 1.165) is 17.9 Å². The highest BCUT2D eigenvalue weighted by atomic mass is 32.2. The Morgan fingerprint density at radius 1 is 1.04 bits per heavy atom. The van der Waals surface area contributed by atoms with Gasteiger partial charge in [-0.05, 0) is 29.9 Å². The van der Waals surface area contributed by atoms with Crippen LogP contribution >= 0.6 is 11.8 Å². The van der Waals surface area contributed by atoms with E-state index in [1.54, 1.807) is 35.4 Å². The Balaban J connectivity index is 1.40. The van der Waals surface area contributed by atoms with Crippen LogP contribution in [0.3, 0.4) is 0 Å². The summed E-state index contributed by atoms with van der Waals surface area (Å²) in [6, 6.07) is 15.7. The zero-order valence-electron chi connectivity index (χ0n) is 13.7. The van der Waals surface area contributed by atoms with Crippen molar-refractivity contribution in [2.75, 3.05) is 12.3 Å². The van der Waals surface area contributed by atoms with Crippen molar-refractivity contribution in [1.29, 1.82) is 0 Å². The predicted octanol–water partition coefficient (Wildman–Crippen LogP) is 2.72. The lowest BCUT2D eigenvalue weighted by atomic mass is 10.2. The minimum Gasteiger partial charge on any atom is -0.351 e. The molecule has 0 bridgehead atoms. The van der Waals surface area contributed by atoms with Crippen molar-refractivity contribution in [2.45, 2.75) is 12.2 Å². The highest BCUT2D eigenvalue weighted by Gasteiger charge is 2.08. The molecule has 0 spiro atoms. The van der Waals surface area contributed by atoms with E-state index in [9.17, 15) is 4.79 Å². The van der Waals surface area contributed by atoms with E-state index in [2.05, 4.69) is 44.8 Å². The summed E-state index contributed by atoms with van der Waals surface area (Å²) in [5.41, 5.74) is 1.72. The molecule has 25 heavy (non-hydrogen) atoms. The van der Waals surface area contributed by atoms with Gasteiger partial charge in [-0.2, -0.15) is 11.8 Å². The summed E-state index contributed by atoms with van der Waals surface area (Å²) in [6.45, 7) is 0.638. The first-order chi connectivity index (χ1) is 12.3. The number of aromatic nitrogens is 4. The first-order valence-corrected chi connectivity index (χ1v) is 9.20. The fraction of sp³-hybridized carbons (Fsp3) is 0.222. The molecule has 0 saturated heterocycles. The van der Waals surface area contributed by atoms with Crippen LogP contribution in [0, 0.1) is 0 Å². The number of rotatable bonds is 8. The fourth-order valence-electron chi connectivity index (χ4n) is 2.24. The van der Waals surface area contributed by atoms with E-state index in [1.807, 2.05) is 17.8 Å². The molecular formula is C18H19N5OS. The molecule has 1 aromatic carbocycles. The Kier molecular flexibility index (Phi) is 6.17. The van der Waals surface area contributed by atoms with Crippen LogP contribution in [0.1, 0.15) is 22.5 Å². The van der Waals surface area contributed by atoms with Gasteiger partial charge in [0.05, 0.1) is 0 Å². The quantitative estimate of drug-likeness (QED) is 0.631. The summed E-state index contributed by atoms with van der Waals surface area (Å²) >= 11 is 1.87. The van der Waals surface area contributed by atoms with Crippen LogP contribution in [0.5, 0.6) is 0 Å². The molecular weight excluding hydrogens is 334 g/mol. The van der Waals surface area contributed by atoms with E-state index in [0.29, 0.717) is 18.1 Å². The predicted molar refractivity (Wildman–Crippen MR) is 98.7 cm³/mol. The van der Waals surface area contributed by atoms with E-state index < -0.39 is 0 Å². The monoisotopic (exact) mass is 353 g/mol. The number of hydrogen-bond acceptors (Lipinski definition) is 5. The summed E-state index contributed by atoms with van der Waals surface area (Å²) < 4.78 is 1.66. The molecule has 0 fully saturated rings. The summed E-state index contributed by atoms with van der Waals surface area (Å²) in [7, 11) is 0. The SMILES string of the molecule is O=C(NCCCSCc1ccccc1)c1cccc(-n2cnnc2)n1. The molecule has 128 valence electrons. The molecule has 0 saturated carbocycles. The van der Waals surface area contributed by atoms with Crippen LogP contribution in [0.25, 0.3) is 5.82 Å². The molecule has 1 N–H and O–H groups in total. The highest BCUT2D eigenvalue weighted by molar-refractivity contribution is 7.98. The van der Waals surface area contributed by atoms with Crippen LogP contribution in [0.2, 0.25) is 0 Å². The second-order valence-electron chi connectivity index (χ2n) is 5.40. The Morgan fingerprint density at radius 2 is 1.84 bits per heavy atom. The minimum atomic E-state index is -0.164. The van der Waals surface area contributed by atoms with Crippen LogP contribution in [0.15, 0.2) is 61.2 Å². The van der Waals surface area contributed by atoms with E-state index in [4.69, 9.17) is 0 Å². The summed E-state index contributed by atoms with van der Waals surface area (Å²) in [6.07, 6.45) is 4.02. The van der Waals surface area contributed by atoms with Gasteiger partial charge >= 0.3 is 0 Å². The first kappa shape index (κ1) is 17.2. The van der Waals surface area contributed by atoms with E-state index >= 15 is 0 Å². The van der Waals surface area contributed by atoms with Gasteiger partial charge in [-0.1, -0.05) is 36.4 Å². The Morgan fingerprint density at radius 3 is 2.64 bits per heavy atom. The third-order valence-corrected chi connectivity index (χ3v) is 4.63. The topological polar surface area (TPSA) is 72.7 Å². The normalized spacial score (nSPS) is 10.6. The smallest absolute Gasteiger partial charge is 0.269 e. The van der Waals surface area contributed by atoms with Crippen molar-refractivity contribution < 1.29 is 4.79 Å². The molecule has 0 atom stereocenters. The van der Waals surface area contributed by atoms with Gasteiger partial charge in [0.2, 0.25) is 0 Å². The second kappa shape index (κ2) is 8.98. The molecule has 0 aliphatic heterocycles. The Bertz CT molecular complexity index is 792. The van der Waals surface area contributed by atoms with Crippen molar-refractivity contribution in [2.24, 2.45) is 0 Å². The van der Waals surface area contributed by atoms with Gasteiger partial charge in [-0.15, -0.1) is 10.2 Å². The Hall–Kier alpha value is -2.67. The Labute approximate surface area is 150 Å². The van der Waals surface area contributed by atoms with Crippen molar-refractivity contribution in [1.82, 2.24) is 25.1 Å². The number of nitrogens with zero attached hydrogens (tertiary/aromatic N) is 4. The van der Waals surface area contributed by atoms with E-state index in [-0.39, 0.29) is 5.91 Å². The molecule has 2 heterocycles. The minimum absolute atomic E-state index is 0.164. The fourth-order valence-corrected chi connectivity index (χ4v) is 3.16. The van der Waals surface area contributed by atoms with Crippen molar-refractivity contribution in [3.63, 3.8) is 0 Å². The average molecular weight is 353 g/mol. The molecule has 1 amide bonds. The lowest BCUT2D eigenvalue weighted by Gasteiger charge is -2.06. The maximum absolute atomic E-state index is 12.2. The third-order valence-electron chi connectivity index (χ3n) is 3.51. The maximum atomic E-state index is 12.2. The number of amides is 1.